The molecule has 3 rings (SSSR count). The molecule has 0 N–H and O–H groups in total. The molecular formula is C19H23ClN2O2S. The quantitative estimate of drug-likeness (QED) is 0.814. The lowest BCUT2D eigenvalue weighted by Crippen LogP contribution is -2.49. The Bertz CT molecular complexity index is 812. The molecule has 1 heterocycles. The third kappa shape index (κ3) is 3.75. The topological polar surface area (TPSA) is 40.6 Å². The fraction of sp³-hybridized carbons (Fsp3) is 0.368. The van der Waals surface area contributed by atoms with Crippen molar-refractivity contribution in [1.29, 1.82) is 0 Å². The number of piperazine rings is 1. The van der Waals surface area contributed by atoms with Gasteiger partial charge in [0, 0.05) is 32.2 Å². The van der Waals surface area contributed by atoms with Crippen LogP contribution in [0, 0.1) is 6.92 Å². The van der Waals surface area contributed by atoms with Crippen LogP contribution in [-0.2, 0) is 10.0 Å². The van der Waals surface area contributed by atoms with Crippen molar-refractivity contribution >= 4 is 21.6 Å². The fourth-order valence-electron chi connectivity index (χ4n) is 3.35. The molecule has 0 spiro atoms. The van der Waals surface area contributed by atoms with E-state index in [1.807, 2.05) is 18.2 Å². The summed E-state index contributed by atoms with van der Waals surface area (Å²) in [7, 11) is -3.56. The largest absolute Gasteiger partial charge is 0.294 e. The van der Waals surface area contributed by atoms with Gasteiger partial charge in [-0.1, -0.05) is 54.1 Å². The minimum Gasteiger partial charge on any atom is -0.294 e. The molecule has 1 aliphatic heterocycles. The van der Waals surface area contributed by atoms with Crippen molar-refractivity contribution in [2.24, 2.45) is 0 Å². The van der Waals surface area contributed by atoms with E-state index in [4.69, 9.17) is 11.6 Å². The zero-order valence-corrected chi connectivity index (χ0v) is 16.1. The highest BCUT2D eigenvalue weighted by atomic mass is 35.5. The highest BCUT2D eigenvalue weighted by Crippen LogP contribution is 2.29. The maximum Gasteiger partial charge on any atom is 0.244 e. The summed E-state index contributed by atoms with van der Waals surface area (Å²) in [5.41, 5.74) is 1.94. The molecule has 0 aliphatic carbocycles. The molecule has 0 saturated carbocycles. The average molecular weight is 379 g/mol. The molecule has 0 aromatic heterocycles. The summed E-state index contributed by atoms with van der Waals surface area (Å²) in [6, 6.07) is 15.8. The van der Waals surface area contributed by atoms with Gasteiger partial charge in [0.2, 0.25) is 10.0 Å². The minimum atomic E-state index is -3.56. The van der Waals surface area contributed by atoms with Gasteiger partial charge >= 0.3 is 0 Å². The predicted octanol–water partition coefficient (Wildman–Crippen LogP) is 3.72. The number of aryl methyl sites for hydroxylation is 1. The molecule has 1 atom stereocenters. The number of benzene rings is 2. The van der Waals surface area contributed by atoms with Crippen LogP contribution in [0.5, 0.6) is 0 Å². The molecule has 2 aromatic rings. The molecule has 134 valence electrons. The van der Waals surface area contributed by atoms with Crippen molar-refractivity contribution in [3.8, 4) is 0 Å². The Labute approximate surface area is 155 Å². The lowest BCUT2D eigenvalue weighted by atomic mass is 10.1. The van der Waals surface area contributed by atoms with Crippen molar-refractivity contribution in [2.75, 3.05) is 26.2 Å². The molecule has 0 bridgehead atoms. The van der Waals surface area contributed by atoms with Crippen molar-refractivity contribution in [3.63, 3.8) is 0 Å². The van der Waals surface area contributed by atoms with Crippen molar-refractivity contribution in [2.45, 2.75) is 24.8 Å². The molecule has 25 heavy (non-hydrogen) atoms. The first-order valence-electron chi connectivity index (χ1n) is 8.45. The SMILES string of the molecule is Cc1cccc(Cl)c1S(=O)(=O)N1CCN(C(C)c2ccccc2)CC1. The fourth-order valence-corrected chi connectivity index (χ4v) is 5.55. The van der Waals surface area contributed by atoms with Gasteiger partial charge in [-0.3, -0.25) is 4.90 Å². The smallest absolute Gasteiger partial charge is 0.244 e. The molecular weight excluding hydrogens is 356 g/mol. The lowest BCUT2D eigenvalue weighted by molar-refractivity contribution is 0.146. The molecule has 0 amide bonds. The van der Waals surface area contributed by atoms with E-state index in [9.17, 15) is 8.42 Å². The third-order valence-electron chi connectivity index (χ3n) is 4.86. The van der Waals surface area contributed by atoms with E-state index >= 15 is 0 Å². The number of hydrogen-bond donors (Lipinski definition) is 0. The standard InChI is InChI=1S/C19H23ClN2O2S/c1-15-7-6-10-18(20)19(15)25(23,24)22-13-11-21(12-14-22)16(2)17-8-4-3-5-9-17/h3-10,16H,11-14H2,1-2H3. The summed E-state index contributed by atoms with van der Waals surface area (Å²) < 4.78 is 27.5. The van der Waals surface area contributed by atoms with Gasteiger partial charge in [0.05, 0.1) is 5.02 Å². The second-order valence-corrected chi connectivity index (χ2v) is 8.69. The van der Waals surface area contributed by atoms with Gasteiger partial charge in [0.25, 0.3) is 0 Å². The first-order valence-corrected chi connectivity index (χ1v) is 10.3. The zero-order valence-electron chi connectivity index (χ0n) is 14.5. The van der Waals surface area contributed by atoms with E-state index in [1.165, 1.54) is 5.56 Å². The molecule has 4 nitrogen and oxygen atoms in total. The molecule has 6 heteroatoms. The Balaban J connectivity index is 1.74. The monoisotopic (exact) mass is 378 g/mol. The number of halogens is 1. The summed E-state index contributed by atoms with van der Waals surface area (Å²) in [5.74, 6) is 0. The maximum absolute atomic E-state index is 13.0. The Morgan fingerprint density at radius 1 is 0.960 bits per heavy atom. The zero-order chi connectivity index (χ0) is 18.0. The van der Waals surface area contributed by atoms with E-state index in [1.54, 1.807) is 29.4 Å². The van der Waals surface area contributed by atoms with Gasteiger partial charge in [-0.05, 0) is 31.0 Å². The Kier molecular flexibility index (Phi) is 5.49. The van der Waals surface area contributed by atoms with Crippen molar-refractivity contribution in [1.82, 2.24) is 9.21 Å². The van der Waals surface area contributed by atoms with Crippen molar-refractivity contribution < 1.29 is 8.42 Å². The maximum atomic E-state index is 13.0. The van der Waals surface area contributed by atoms with Crippen LogP contribution in [0.15, 0.2) is 53.4 Å². The number of rotatable bonds is 4. The van der Waals surface area contributed by atoms with Gasteiger partial charge < -0.3 is 0 Å². The second-order valence-electron chi connectivity index (χ2n) is 6.41. The summed E-state index contributed by atoms with van der Waals surface area (Å²) in [6.45, 7) is 6.32. The van der Waals surface area contributed by atoms with Gasteiger partial charge in [0.15, 0.2) is 0 Å². The van der Waals surface area contributed by atoms with Crippen LogP contribution in [0.3, 0.4) is 0 Å². The summed E-state index contributed by atoms with van der Waals surface area (Å²) >= 11 is 6.18. The number of sulfonamides is 1. The van der Waals surface area contributed by atoms with E-state index in [0.29, 0.717) is 36.8 Å². The third-order valence-corrected chi connectivity index (χ3v) is 7.39. The lowest BCUT2D eigenvalue weighted by Gasteiger charge is -2.37. The predicted molar refractivity (Wildman–Crippen MR) is 101 cm³/mol. The van der Waals surface area contributed by atoms with Crippen LogP contribution in [0.25, 0.3) is 0 Å². The average Bonchev–Trinajstić information content (AvgIpc) is 2.61. The first kappa shape index (κ1) is 18.4. The first-order chi connectivity index (χ1) is 11.9. The molecule has 1 aliphatic rings. The van der Waals surface area contributed by atoms with Crippen LogP contribution in [-0.4, -0.2) is 43.8 Å². The van der Waals surface area contributed by atoms with E-state index < -0.39 is 10.0 Å². The van der Waals surface area contributed by atoms with Crippen LogP contribution in [0.1, 0.15) is 24.1 Å². The van der Waals surface area contributed by atoms with Crippen LogP contribution < -0.4 is 0 Å². The van der Waals surface area contributed by atoms with E-state index in [0.717, 1.165) is 0 Å². The summed E-state index contributed by atoms with van der Waals surface area (Å²) in [6.07, 6.45) is 0. The molecule has 2 aromatic carbocycles. The Morgan fingerprint density at radius 2 is 1.60 bits per heavy atom. The van der Waals surface area contributed by atoms with Crippen LogP contribution in [0.4, 0.5) is 0 Å². The summed E-state index contributed by atoms with van der Waals surface area (Å²) in [5, 5.41) is 0.292. The Morgan fingerprint density at radius 3 is 2.20 bits per heavy atom. The molecule has 1 fully saturated rings. The van der Waals surface area contributed by atoms with Crippen LogP contribution >= 0.6 is 11.6 Å². The molecule has 0 radical (unpaired) electrons. The minimum absolute atomic E-state index is 0.237. The highest BCUT2D eigenvalue weighted by molar-refractivity contribution is 7.89. The second kappa shape index (κ2) is 7.46. The van der Waals surface area contributed by atoms with Crippen LogP contribution in [0.2, 0.25) is 5.02 Å². The van der Waals surface area contributed by atoms with Gasteiger partial charge in [-0.15, -0.1) is 0 Å². The number of hydrogen-bond acceptors (Lipinski definition) is 3. The summed E-state index contributed by atoms with van der Waals surface area (Å²) in [4.78, 5) is 2.56. The van der Waals surface area contributed by atoms with Crippen molar-refractivity contribution in [3.05, 3.63) is 64.7 Å². The molecule has 1 saturated heterocycles. The van der Waals surface area contributed by atoms with Gasteiger partial charge in [-0.25, -0.2) is 8.42 Å². The Hall–Kier alpha value is -1.40. The van der Waals surface area contributed by atoms with Gasteiger partial charge in [-0.2, -0.15) is 4.31 Å². The van der Waals surface area contributed by atoms with Gasteiger partial charge in [0.1, 0.15) is 4.90 Å². The van der Waals surface area contributed by atoms with E-state index in [2.05, 4.69) is 24.0 Å². The van der Waals surface area contributed by atoms with E-state index in [-0.39, 0.29) is 10.9 Å². The number of nitrogens with zero attached hydrogens (tertiary/aromatic N) is 2. The normalized spacial score (nSPS) is 18.2. The molecule has 1 unspecified atom stereocenters. The highest BCUT2D eigenvalue weighted by Gasteiger charge is 2.32.